The molecule has 62 heavy (non-hydrogen) atoms. The molecule has 18 nitrogen and oxygen atoms in total. The standard InChI is InChI=1S/C25H28N6O4S.C18H22N6O2/c1-17-3-5-19(6-4-17)36(33,34)30-8-7-21-24(30)27-14-23-26-13-22(31(21)23)20-16-29(15-18(20)2)25(32)28-9-11-35-12-10-28;1-12-10-23(18(25)22-4-6-26-7-5-22)11-13(12)15-8-20-16-9-21-17-14(24(15)16)2-3-19-17/h3-8,13-14,18,20H,9-12,15-16H2,1-2H3;2-3,8-9,12-13,19H,4-7,10-11H2,1H3/t18-,20+;12-,13+/m11/s1. The van der Waals surface area contributed by atoms with E-state index in [0.717, 1.165) is 46.9 Å². The minimum Gasteiger partial charge on any atom is -0.378 e. The van der Waals surface area contributed by atoms with Crippen LogP contribution in [0, 0.1) is 18.8 Å². The number of nitrogens with one attached hydrogen (secondary N) is 1. The van der Waals surface area contributed by atoms with E-state index in [0.29, 0.717) is 88.4 Å². The van der Waals surface area contributed by atoms with E-state index in [4.69, 9.17) is 9.47 Å². The Kier molecular flexibility index (Phi) is 10.3. The van der Waals surface area contributed by atoms with Gasteiger partial charge in [-0.25, -0.2) is 41.9 Å². The number of likely N-dealkylation sites (tertiary alicyclic amines) is 2. The number of amides is 4. The maximum atomic E-state index is 13.4. The van der Waals surface area contributed by atoms with Crippen LogP contribution in [0.1, 0.15) is 42.6 Å². The van der Waals surface area contributed by atoms with E-state index in [-0.39, 0.29) is 34.7 Å². The maximum absolute atomic E-state index is 13.4. The van der Waals surface area contributed by atoms with Gasteiger partial charge in [0.05, 0.1) is 54.8 Å². The zero-order valence-corrected chi connectivity index (χ0v) is 35.8. The molecule has 11 rings (SSSR count). The number of fused-ring (bicyclic) bond motifs is 6. The summed E-state index contributed by atoms with van der Waals surface area (Å²) in [5, 5.41) is 0. The van der Waals surface area contributed by atoms with Crippen LogP contribution < -0.4 is 0 Å². The lowest BCUT2D eigenvalue weighted by atomic mass is 9.95. The Morgan fingerprint density at radius 2 is 1.18 bits per heavy atom. The number of ether oxygens (including phenoxy) is 2. The van der Waals surface area contributed by atoms with Crippen molar-refractivity contribution in [3.8, 4) is 0 Å². The molecule has 324 valence electrons. The Morgan fingerprint density at radius 1 is 0.645 bits per heavy atom. The largest absolute Gasteiger partial charge is 0.378 e. The number of hydrogen-bond acceptors (Lipinski definition) is 10. The average molecular weight is 863 g/mol. The molecule has 1 aromatic carbocycles. The number of benzene rings is 1. The van der Waals surface area contributed by atoms with Crippen molar-refractivity contribution in [2.75, 3.05) is 78.8 Å². The van der Waals surface area contributed by atoms with E-state index in [1.807, 2.05) is 55.6 Å². The van der Waals surface area contributed by atoms with Crippen LogP contribution in [0.3, 0.4) is 0 Å². The Bertz CT molecular complexity index is 2890. The lowest BCUT2D eigenvalue weighted by Gasteiger charge is -2.31. The second-order valence-electron chi connectivity index (χ2n) is 16.9. The van der Waals surface area contributed by atoms with Crippen molar-refractivity contribution in [3.05, 3.63) is 90.5 Å². The van der Waals surface area contributed by atoms with Gasteiger partial charge in [-0.3, -0.25) is 8.80 Å². The maximum Gasteiger partial charge on any atom is 0.320 e. The topological polar surface area (TPSA) is 181 Å². The third-order valence-electron chi connectivity index (χ3n) is 12.9. The Balaban J connectivity index is 0.000000156. The summed E-state index contributed by atoms with van der Waals surface area (Å²) in [5.74, 6) is 0.918. The second-order valence-corrected chi connectivity index (χ2v) is 18.7. The van der Waals surface area contributed by atoms with Gasteiger partial charge in [0.25, 0.3) is 10.0 Å². The lowest BCUT2D eigenvalue weighted by molar-refractivity contribution is 0.0448. The minimum atomic E-state index is -3.81. The van der Waals surface area contributed by atoms with E-state index in [1.54, 1.807) is 48.9 Å². The van der Waals surface area contributed by atoms with Gasteiger partial charge in [-0.15, -0.1) is 0 Å². The van der Waals surface area contributed by atoms with Crippen molar-refractivity contribution in [2.45, 2.75) is 37.5 Å². The number of morpholine rings is 2. The van der Waals surface area contributed by atoms with Gasteiger partial charge in [-0.2, -0.15) is 0 Å². The first-order chi connectivity index (χ1) is 30.1. The van der Waals surface area contributed by atoms with E-state index in [2.05, 4.69) is 43.2 Å². The quantitative estimate of drug-likeness (QED) is 0.266. The molecular formula is C43H50N12O6S. The van der Waals surface area contributed by atoms with Gasteiger partial charge in [0.2, 0.25) is 0 Å². The number of carbonyl (C=O) groups is 2. The highest BCUT2D eigenvalue weighted by molar-refractivity contribution is 7.90. The van der Waals surface area contributed by atoms with Crippen molar-refractivity contribution < 1.29 is 27.5 Å². The van der Waals surface area contributed by atoms with Crippen molar-refractivity contribution in [1.82, 2.24) is 57.3 Å². The van der Waals surface area contributed by atoms with Gasteiger partial charge in [0.15, 0.2) is 22.6 Å². The number of imidazole rings is 2. The molecule has 10 heterocycles. The van der Waals surface area contributed by atoms with E-state index in [1.165, 1.54) is 3.97 Å². The number of carbonyl (C=O) groups excluding carboxylic acids is 2. The number of urea groups is 2. The van der Waals surface area contributed by atoms with Crippen molar-refractivity contribution in [3.63, 3.8) is 0 Å². The minimum absolute atomic E-state index is 0.0450. The molecule has 4 aliphatic rings. The molecule has 4 atom stereocenters. The molecule has 0 bridgehead atoms. The first kappa shape index (κ1) is 40.0. The molecule has 0 spiro atoms. The van der Waals surface area contributed by atoms with E-state index < -0.39 is 10.0 Å². The SMILES string of the molecule is C[C@@H]1CN(C(=O)N2CCOCC2)C[C@@H]1c1cnc2cnc3[nH]ccc3n12.Cc1ccc(S(=O)(=O)n2ccc3c2ncc2ncc([C@H]4CN(C(=O)N5CCOCC5)C[C@H]4C)n23)cc1. The zero-order chi connectivity index (χ0) is 42.7. The van der Waals surface area contributed by atoms with Crippen LogP contribution in [0.25, 0.3) is 33.6 Å². The summed E-state index contributed by atoms with van der Waals surface area (Å²) < 4.78 is 42.9. The molecule has 0 aliphatic carbocycles. The highest BCUT2D eigenvalue weighted by Crippen LogP contribution is 2.36. The lowest BCUT2D eigenvalue weighted by Crippen LogP contribution is -2.47. The first-order valence-electron chi connectivity index (χ1n) is 21.2. The third-order valence-corrected chi connectivity index (χ3v) is 14.6. The summed E-state index contributed by atoms with van der Waals surface area (Å²) in [5.41, 5.74) is 7.47. The monoisotopic (exact) mass is 862 g/mol. The van der Waals surface area contributed by atoms with E-state index >= 15 is 0 Å². The summed E-state index contributed by atoms with van der Waals surface area (Å²) >= 11 is 0. The molecule has 0 unspecified atom stereocenters. The number of nitrogens with zero attached hydrogens (tertiary/aromatic N) is 11. The first-order valence-corrected chi connectivity index (χ1v) is 22.7. The molecule has 4 aliphatic heterocycles. The Morgan fingerprint density at radius 3 is 1.74 bits per heavy atom. The fourth-order valence-electron chi connectivity index (χ4n) is 9.50. The molecule has 19 heteroatoms. The average Bonchev–Trinajstić information content (AvgIpc) is 4.16. The summed E-state index contributed by atoms with van der Waals surface area (Å²) in [6.45, 7) is 14.0. The van der Waals surface area contributed by atoms with Crippen LogP contribution in [-0.4, -0.2) is 157 Å². The van der Waals surface area contributed by atoms with Crippen LogP contribution in [0.5, 0.6) is 0 Å². The number of aryl methyl sites for hydroxylation is 1. The molecule has 6 aromatic heterocycles. The van der Waals surface area contributed by atoms with Gasteiger partial charge in [-0.05, 0) is 43.0 Å². The number of aromatic nitrogens is 8. The molecule has 1 N–H and O–H groups in total. The number of aromatic amines is 1. The summed E-state index contributed by atoms with van der Waals surface area (Å²) in [4.78, 5) is 54.9. The predicted octanol–water partition coefficient (Wildman–Crippen LogP) is 4.42. The highest BCUT2D eigenvalue weighted by Gasteiger charge is 2.39. The fraction of sp³-hybridized carbons (Fsp3) is 0.442. The smallest absolute Gasteiger partial charge is 0.320 e. The van der Waals surface area contributed by atoms with Crippen molar-refractivity contribution in [2.24, 2.45) is 11.8 Å². The summed E-state index contributed by atoms with van der Waals surface area (Å²) in [6, 6.07) is 10.7. The normalized spacial score (nSPS) is 22.3. The zero-order valence-electron chi connectivity index (χ0n) is 35.0. The van der Waals surface area contributed by atoms with Crippen LogP contribution in [0.15, 0.2) is 78.5 Å². The second kappa shape index (κ2) is 16.0. The number of rotatable bonds is 4. The Labute approximate surface area is 358 Å². The summed E-state index contributed by atoms with van der Waals surface area (Å²) in [6.07, 6.45) is 10.6. The van der Waals surface area contributed by atoms with Gasteiger partial charge in [-0.1, -0.05) is 31.5 Å². The third kappa shape index (κ3) is 7.00. The van der Waals surface area contributed by atoms with Crippen LogP contribution in [-0.2, 0) is 19.5 Å². The van der Waals surface area contributed by atoms with Gasteiger partial charge < -0.3 is 34.1 Å². The van der Waals surface area contributed by atoms with Crippen LogP contribution >= 0.6 is 0 Å². The van der Waals surface area contributed by atoms with Crippen LogP contribution in [0.4, 0.5) is 9.59 Å². The predicted molar refractivity (Wildman–Crippen MR) is 230 cm³/mol. The molecule has 7 aromatic rings. The van der Waals surface area contributed by atoms with Crippen molar-refractivity contribution in [1.29, 1.82) is 0 Å². The number of hydrogen-bond donors (Lipinski definition) is 1. The van der Waals surface area contributed by atoms with Crippen LogP contribution in [0.2, 0.25) is 0 Å². The molecule has 0 radical (unpaired) electrons. The molecule has 0 saturated carbocycles. The summed E-state index contributed by atoms with van der Waals surface area (Å²) in [7, 11) is -3.81. The van der Waals surface area contributed by atoms with Crippen molar-refractivity contribution >= 4 is 55.7 Å². The fourth-order valence-corrected chi connectivity index (χ4v) is 10.8. The van der Waals surface area contributed by atoms with Gasteiger partial charge in [0, 0.05) is 100 Å². The number of H-pyrrole nitrogens is 1. The molecule has 4 fully saturated rings. The highest BCUT2D eigenvalue weighted by atomic mass is 32.2. The van der Waals surface area contributed by atoms with Gasteiger partial charge in [0.1, 0.15) is 0 Å². The Hall–Kier alpha value is -6.05. The molecular weight excluding hydrogens is 813 g/mol. The van der Waals surface area contributed by atoms with E-state index in [9.17, 15) is 18.0 Å². The van der Waals surface area contributed by atoms with Gasteiger partial charge >= 0.3 is 12.1 Å². The molecule has 4 amide bonds. The molecule has 4 saturated heterocycles.